The van der Waals surface area contributed by atoms with Gasteiger partial charge in [0, 0.05) is 0 Å². The highest BCUT2D eigenvalue weighted by Gasteiger charge is 2.35. The van der Waals surface area contributed by atoms with E-state index in [2.05, 4.69) is 9.72 Å². The number of ether oxygens (including phenoxy) is 3. The van der Waals surface area contributed by atoms with Crippen LogP contribution in [0.2, 0.25) is 0 Å². The first-order valence-corrected chi connectivity index (χ1v) is 12.8. The molecule has 10 nitrogen and oxygen atoms in total. The van der Waals surface area contributed by atoms with E-state index >= 15 is 0 Å². The summed E-state index contributed by atoms with van der Waals surface area (Å²) in [6, 6.07) is 4.02. The van der Waals surface area contributed by atoms with E-state index in [1.165, 1.54) is 6.92 Å². The molecule has 0 radical (unpaired) electrons. The van der Waals surface area contributed by atoms with Gasteiger partial charge in [0.05, 0.1) is 11.3 Å². The van der Waals surface area contributed by atoms with Gasteiger partial charge in [-0.3, -0.25) is 0 Å². The maximum atomic E-state index is 13.1. The normalized spacial score (nSPS) is 12.6. The number of carbonyl (C=O) groups excluding carboxylic acids is 2. The summed E-state index contributed by atoms with van der Waals surface area (Å²) in [6.45, 7) is 10.6. The molecule has 0 amide bonds. The lowest BCUT2D eigenvalue weighted by Gasteiger charge is -2.24. The largest absolute Gasteiger partial charge is 0.573 e. The summed E-state index contributed by atoms with van der Waals surface area (Å²) in [5, 5.41) is 0. The molecule has 14 heteroatoms. The van der Waals surface area contributed by atoms with Crippen molar-refractivity contribution in [1.82, 2.24) is 4.98 Å². The number of nitrogen functional groups attached to an aromatic ring is 1. The Morgan fingerprint density at radius 2 is 1.42 bits per heavy atom. The molecular weight excluding hydrogens is 533 g/mol. The summed E-state index contributed by atoms with van der Waals surface area (Å²) in [7, 11) is -4.35. The van der Waals surface area contributed by atoms with Crippen molar-refractivity contribution in [2.45, 2.75) is 66.0 Å². The minimum atomic E-state index is -4.97. The summed E-state index contributed by atoms with van der Waals surface area (Å²) < 4.78 is 82.9. The van der Waals surface area contributed by atoms with Crippen molar-refractivity contribution in [3.05, 3.63) is 35.5 Å². The molecule has 2 rings (SSSR count). The number of anilines is 1. The first-order chi connectivity index (χ1) is 17.1. The van der Waals surface area contributed by atoms with E-state index in [-0.39, 0.29) is 11.1 Å². The second-order valence-corrected chi connectivity index (χ2v) is 11.8. The number of hydrogen-bond acceptors (Lipinski definition) is 10. The molecule has 38 heavy (non-hydrogen) atoms. The maximum Gasteiger partial charge on any atom is 0.573 e. The lowest BCUT2D eigenvalue weighted by atomic mass is 9.99. The fourth-order valence-electron chi connectivity index (χ4n) is 2.94. The maximum absolute atomic E-state index is 13.1. The molecule has 0 aliphatic rings. The Balaban J connectivity index is 2.95. The van der Waals surface area contributed by atoms with Crippen LogP contribution < -0.4 is 14.7 Å². The van der Waals surface area contributed by atoms with Crippen LogP contribution in [0.4, 0.5) is 19.0 Å². The smallest absolute Gasteiger partial charge is 0.456 e. The topological polar surface area (TPSA) is 144 Å². The summed E-state index contributed by atoms with van der Waals surface area (Å²) in [4.78, 5) is 30.2. The van der Waals surface area contributed by atoms with Crippen LogP contribution in [-0.2, 0) is 19.6 Å². The molecule has 0 saturated carbocycles. The standard InChI is InChI=1S/C24H29F3N2O8S/c1-8-38(32,33)37-18-15(13-9-11-14(12-10-13)34-24(25,26)27)17(21(31)36-23(5,6)7)29-19(28)16(18)20(30)35-22(2,3)4/h9-12H,8H2,1-7H3,(H2,28,29). The van der Waals surface area contributed by atoms with Gasteiger partial charge in [-0.2, -0.15) is 8.42 Å². The molecule has 0 spiro atoms. The number of rotatable bonds is 7. The van der Waals surface area contributed by atoms with E-state index < -0.39 is 73.9 Å². The summed E-state index contributed by atoms with van der Waals surface area (Å²) >= 11 is 0. The molecule has 1 aromatic carbocycles. The highest BCUT2D eigenvalue weighted by molar-refractivity contribution is 7.87. The van der Waals surface area contributed by atoms with Crippen molar-refractivity contribution in [2.75, 3.05) is 11.5 Å². The van der Waals surface area contributed by atoms with Crippen LogP contribution in [-0.4, -0.2) is 48.7 Å². The molecule has 2 aromatic rings. The number of benzene rings is 1. The van der Waals surface area contributed by atoms with Crippen LogP contribution in [0, 0.1) is 0 Å². The van der Waals surface area contributed by atoms with Gasteiger partial charge in [0.15, 0.2) is 11.4 Å². The third-order valence-corrected chi connectivity index (χ3v) is 5.44. The van der Waals surface area contributed by atoms with Crippen LogP contribution >= 0.6 is 0 Å². The van der Waals surface area contributed by atoms with Gasteiger partial charge >= 0.3 is 28.4 Å². The van der Waals surface area contributed by atoms with E-state index in [0.29, 0.717) is 0 Å². The van der Waals surface area contributed by atoms with Crippen molar-refractivity contribution in [3.8, 4) is 22.6 Å². The minimum absolute atomic E-state index is 0.0565. The van der Waals surface area contributed by atoms with Gasteiger partial charge in [-0.05, 0) is 66.2 Å². The van der Waals surface area contributed by atoms with Crippen molar-refractivity contribution in [1.29, 1.82) is 0 Å². The van der Waals surface area contributed by atoms with E-state index in [9.17, 15) is 31.2 Å². The number of hydrogen-bond donors (Lipinski definition) is 1. The first-order valence-electron chi connectivity index (χ1n) is 11.2. The molecule has 0 fully saturated rings. The zero-order chi connectivity index (χ0) is 29.3. The molecule has 0 bridgehead atoms. The molecule has 1 heterocycles. The van der Waals surface area contributed by atoms with Gasteiger partial charge in [-0.15, -0.1) is 13.2 Å². The highest BCUT2D eigenvalue weighted by atomic mass is 32.2. The van der Waals surface area contributed by atoms with Gasteiger partial charge in [-0.1, -0.05) is 12.1 Å². The Morgan fingerprint density at radius 1 is 0.921 bits per heavy atom. The third kappa shape index (κ3) is 8.50. The molecular formula is C24H29F3N2O8S. The zero-order valence-electron chi connectivity index (χ0n) is 21.8. The van der Waals surface area contributed by atoms with Crippen LogP contribution in [0.1, 0.15) is 69.3 Å². The van der Waals surface area contributed by atoms with Gasteiger partial charge < -0.3 is 24.1 Å². The lowest BCUT2D eigenvalue weighted by molar-refractivity contribution is -0.274. The Labute approximate surface area is 218 Å². The van der Waals surface area contributed by atoms with Gasteiger partial charge in [0.25, 0.3) is 0 Å². The number of pyridine rings is 1. The van der Waals surface area contributed by atoms with E-state index in [0.717, 1.165) is 24.3 Å². The predicted octanol–water partition coefficient (Wildman–Crippen LogP) is 4.87. The summed E-state index contributed by atoms with van der Waals surface area (Å²) in [6.07, 6.45) is -4.97. The number of halogens is 3. The summed E-state index contributed by atoms with van der Waals surface area (Å²) in [5.41, 5.74) is 2.35. The second-order valence-electron chi connectivity index (χ2n) is 9.93. The van der Waals surface area contributed by atoms with Crippen LogP contribution in [0.25, 0.3) is 11.1 Å². The Hall–Kier alpha value is -3.55. The van der Waals surface area contributed by atoms with Gasteiger partial charge in [0.1, 0.15) is 28.3 Å². The average molecular weight is 563 g/mol. The van der Waals surface area contributed by atoms with Crippen molar-refractivity contribution < 1.29 is 49.6 Å². The van der Waals surface area contributed by atoms with E-state index in [1.54, 1.807) is 41.5 Å². The Bertz CT molecular complexity index is 1310. The average Bonchev–Trinajstić information content (AvgIpc) is 2.70. The Kier molecular flexibility index (Phi) is 8.61. The number of carbonyl (C=O) groups is 2. The first kappa shape index (κ1) is 30.7. The quantitative estimate of drug-likeness (QED) is 0.367. The number of esters is 2. The molecule has 0 aliphatic carbocycles. The van der Waals surface area contributed by atoms with E-state index in [4.69, 9.17) is 19.4 Å². The number of nitrogens with zero attached hydrogens (tertiary/aromatic N) is 1. The molecule has 210 valence electrons. The van der Waals surface area contributed by atoms with Crippen molar-refractivity contribution in [2.24, 2.45) is 0 Å². The monoisotopic (exact) mass is 562 g/mol. The van der Waals surface area contributed by atoms with Crippen molar-refractivity contribution in [3.63, 3.8) is 0 Å². The van der Waals surface area contributed by atoms with Crippen LogP contribution in [0.15, 0.2) is 24.3 Å². The molecule has 0 saturated heterocycles. The number of alkyl halides is 3. The lowest BCUT2D eigenvalue weighted by Crippen LogP contribution is -2.28. The predicted molar refractivity (Wildman–Crippen MR) is 131 cm³/mol. The minimum Gasteiger partial charge on any atom is -0.456 e. The molecule has 0 unspecified atom stereocenters. The SMILES string of the molecule is CCS(=O)(=O)Oc1c(C(=O)OC(C)(C)C)c(N)nc(C(=O)OC(C)(C)C)c1-c1ccc(OC(F)(F)F)cc1. The van der Waals surface area contributed by atoms with Gasteiger partial charge in [0.2, 0.25) is 0 Å². The molecule has 2 N–H and O–H groups in total. The highest BCUT2D eigenvalue weighted by Crippen LogP contribution is 2.41. The fraction of sp³-hybridized carbons (Fsp3) is 0.458. The van der Waals surface area contributed by atoms with Crippen molar-refractivity contribution >= 4 is 27.9 Å². The second kappa shape index (κ2) is 10.7. The summed E-state index contributed by atoms with van der Waals surface area (Å²) in [5.74, 6) is -4.61. The number of nitrogens with two attached hydrogens (primary N) is 1. The molecule has 0 atom stereocenters. The molecule has 0 aliphatic heterocycles. The third-order valence-electron chi connectivity index (χ3n) is 4.31. The Morgan fingerprint density at radius 3 is 1.87 bits per heavy atom. The number of aromatic nitrogens is 1. The van der Waals surface area contributed by atoms with Gasteiger partial charge in [-0.25, -0.2) is 14.6 Å². The fourth-order valence-corrected chi connectivity index (χ4v) is 3.48. The zero-order valence-corrected chi connectivity index (χ0v) is 22.7. The molecule has 1 aromatic heterocycles. The van der Waals surface area contributed by atoms with Crippen LogP contribution in [0.3, 0.4) is 0 Å². The van der Waals surface area contributed by atoms with E-state index in [1.807, 2.05) is 0 Å². The van der Waals surface area contributed by atoms with Crippen LogP contribution in [0.5, 0.6) is 11.5 Å².